The topological polar surface area (TPSA) is 75.4 Å². The number of nitro groups is 1. The van der Waals surface area contributed by atoms with Gasteiger partial charge in [-0.3, -0.25) is 10.1 Å². The molecule has 0 aromatic carbocycles. The van der Waals surface area contributed by atoms with E-state index < -0.39 is 0 Å². The van der Waals surface area contributed by atoms with Crippen LogP contribution in [0.3, 0.4) is 0 Å². The third kappa shape index (κ3) is 5.49. The van der Waals surface area contributed by atoms with Crippen molar-refractivity contribution in [3.8, 4) is 0 Å². The molecule has 5 nitrogen and oxygen atoms in total. The minimum atomic E-state index is -0.284. The Bertz CT molecular complexity index is 774. The molecule has 5 heteroatoms. The highest BCUT2D eigenvalue weighted by atomic mass is 16.6. The van der Waals surface area contributed by atoms with Crippen molar-refractivity contribution in [2.45, 2.75) is 77.2 Å². The van der Waals surface area contributed by atoms with E-state index in [0.29, 0.717) is 29.6 Å². The summed E-state index contributed by atoms with van der Waals surface area (Å²) in [6.45, 7) is 3.22. The van der Waals surface area contributed by atoms with Gasteiger partial charge in [0, 0.05) is 18.5 Å². The normalized spacial score (nSPS) is 34.2. The minimum Gasteiger partial charge on any atom is -0.512 e. The van der Waals surface area contributed by atoms with Crippen LogP contribution in [0.2, 0.25) is 0 Å². The van der Waals surface area contributed by atoms with Gasteiger partial charge in [-0.05, 0) is 80.4 Å². The number of nitrogens with zero attached hydrogens (tertiary/aromatic N) is 1. The molecule has 170 valence electrons. The van der Waals surface area contributed by atoms with Gasteiger partial charge in [-0.2, -0.15) is 0 Å². The summed E-state index contributed by atoms with van der Waals surface area (Å²) in [4.78, 5) is 10.9. The highest BCUT2D eigenvalue weighted by Gasteiger charge is 2.38. The highest BCUT2D eigenvalue weighted by molar-refractivity contribution is 5.29. The zero-order valence-electron chi connectivity index (χ0n) is 18.8. The van der Waals surface area contributed by atoms with Crippen LogP contribution in [0.4, 0.5) is 0 Å². The summed E-state index contributed by atoms with van der Waals surface area (Å²) < 4.78 is 0. The van der Waals surface area contributed by atoms with E-state index in [1.807, 2.05) is 12.2 Å². The molecule has 2 N–H and O–H groups in total. The number of allylic oxidation sites excluding steroid dienone is 6. The van der Waals surface area contributed by atoms with Crippen molar-refractivity contribution in [1.29, 1.82) is 0 Å². The molecule has 4 rings (SSSR count). The van der Waals surface area contributed by atoms with E-state index in [1.54, 1.807) is 6.08 Å². The van der Waals surface area contributed by atoms with E-state index in [1.165, 1.54) is 44.1 Å². The summed E-state index contributed by atoms with van der Waals surface area (Å²) in [7, 11) is 0. The summed E-state index contributed by atoms with van der Waals surface area (Å²) in [6.07, 6.45) is 21.9. The molecule has 0 heterocycles. The lowest BCUT2D eigenvalue weighted by Gasteiger charge is -2.42. The Kier molecular flexibility index (Phi) is 7.31. The van der Waals surface area contributed by atoms with Gasteiger partial charge in [0.05, 0.1) is 10.7 Å². The van der Waals surface area contributed by atoms with Gasteiger partial charge < -0.3 is 10.4 Å². The average Bonchev–Trinajstić information content (AvgIpc) is 3.03. The van der Waals surface area contributed by atoms with Crippen LogP contribution in [-0.4, -0.2) is 22.6 Å². The number of nitrogens with one attached hydrogen (secondary N) is 1. The van der Waals surface area contributed by atoms with Gasteiger partial charge in [-0.15, -0.1) is 0 Å². The van der Waals surface area contributed by atoms with Crippen LogP contribution >= 0.6 is 0 Å². The Morgan fingerprint density at radius 1 is 1.13 bits per heavy atom. The number of aliphatic hydroxyl groups is 1. The van der Waals surface area contributed by atoms with Crippen LogP contribution in [0.15, 0.2) is 47.4 Å². The maximum absolute atomic E-state index is 11.2. The second-order valence-corrected chi connectivity index (χ2v) is 10.2. The fourth-order valence-corrected chi connectivity index (χ4v) is 6.26. The quantitative estimate of drug-likeness (QED) is 0.306. The number of rotatable bonds is 6. The first-order valence-corrected chi connectivity index (χ1v) is 12.4. The van der Waals surface area contributed by atoms with Crippen molar-refractivity contribution in [1.82, 2.24) is 5.32 Å². The van der Waals surface area contributed by atoms with Gasteiger partial charge in [0.2, 0.25) is 0 Å². The monoisotopic (exact) mass is 426 g/mol. The van der Waals surface area contributed by atoms with Crippen molar-refractivity contribution in [2.75, 3.05) is 6.54 Å². The van der Waals surface area contributed by atoms with Crippen molar-refractivity contribution in [3.05, 3.63) is 57.5 Å². The van der Waals surface area contributed by atoms with Crippen molar-refractivity contribution < 1.29 is 10.0 Å². The SMILES string of the molecule is CC1C=C([N+](=O)[O-])C=CC1C[C@@H]1C2=CC=C(O)CC2CCC1NCC1CCCCCC1. The molecular weight excluding hydrogens is 388 g/mol. The van der Waals surface area contributed by atoms with Gasteiger partial charge in [0.25, 0.3) is 5.70 Å². The minimum absolute atomic E-state index is 0.168. The predicted molar refractivity (Wildman–Crippen MR) is 124 cm³/mol. The number of hydrogen-bond acceptors (Lipinski definition) is 4. The highest BCUT2D eigenvalue weighted by Crippen LogP contribution is 2.44. The Morgan fingerprint density at radius 2 is 1.90 bits per heavy atom. The molecule has 31 heavy (non-hydrogen) atoms. The largest absolute Gasteiger partial charge is 0.512 e. The second-order valence-electron chi connectivity index (χ2n) is 10.2. The van der Waals surface area contributed by atoms with Crippen LogP contribution in [0, 0.1) is 39.7 Å². The van der Waals surface area contributed by atoms with Crippen LogP contribution in [0.25, 0.3) is 0 Å². The first-order valence-electron chi connectivity index (χ1n) is 12.4. The molecule has 2 fully saturated rings. The van der Waals surface area contributed by atoms with Gasteiger partial charge in [0.15, 0.2) is 0 Å². The standard InChI is InChI=1S/C26H38N2O3/c1-18-14-22(28(30)31)10-8-20(18)16-25-24-12-11-23(29)15-21(24)9-13-26(25)27-17-19-6-4-2-3-5-7-19/h8,10-12,14,18-21,25-27,29H,2-7,9,13,15-17H2,1H3/t18?,20?,21?,25-,26?/m1/s1. The zero-order valence-corrected chi connectivity index (χ0v) is 18.8. The molecule has 0 saturated heterocycles. The molecule has 0 amide bonds. The molecule has 4 aliphatic rings. The Labute approximate surface area is 186 Å². The summed E-state index contributed by atoms with van der Waals surface area (Å²) >= 11 is 0. The molecule has 4 aliphatic carbocycles. The fraction of sp³-hybridized carbons (Fsp3) is 0.692. The van der Waals surface area contributed by atoms with Gasteiger partial charge in [0.1, 0.15) is 0 Å². The predicted octanol–water partition coefficient (Wildman–Crippen LogP) is 6.09. The van der Waals surface area contributed by atoms with Crippen LogP contribution in [0.1, 0.15) is 71.1 Å². The van der Waals surface area contributed by atoms with E-state index >= 15 is 0 Å². The molecule has 0 aromatic heterocycles. The maximum Gasteiger partial charge on any atom is 0.265 e. The van der Waals surface area contributed by atoms with E-state index in [2.05, 4.69) is 24.4 Å². The fourth-order valence-electron chi connectivity index (χ4n) is 6.26. The molecular formula is C26H38N2O3. The summed E-state index contributed by atoms with van der Waals surface area (Å²) in [5.74, 6) is 2.65. The van der Waals surface area contributed by atoms with Crippen LogP contribution in [0.5, 0.6) is 0 Å². The summed E-state index contributed by atoms with van der Waals surface area (Å²) in [5, 5.41) is 25.2. The molecule has 0 spiro atoms. The lowest BCUT2D eigenvalue weighted by molar-refractivity contribution is -0.419. The third-order valence-electron chi connectivity index (χ3n) is 8.14. The van der Waals surface area contributed by atoms with Crippen molar-refractivity contribution in [2.24, 2.45) is 29.6 Å². The maximum atomic E-state index is 11.2. The van der Waals surface area contributed by atoms with E-state index in [9.17, 15) is 15.2 Å². The molecule has 5 atom stereocenters. The first-order chi connectivity index (χ1) is 15.0. The third-order valence-corrected chi connectivity index (χ3v) is 8.14. The zero-order chi connectivity index (χ0) is 21.8. The second kappa shape index (κ2) is 10.2. The van der Waals surface area contributed by atoms with E-state index in [4.69, 9.17) is 0 Å². The van der Waals surface area contributed by atoms with Gasteiger partial charge >= 0.3 is 0 Å². The molecule has 2 saturated carbocycles. The van der Waals surface area contributed by atoms with Crippen LogP contribution in [-0.2, 0) is 0 Å². The molecule has 4 unspecified atom stereocenters. The number of fused-ring (bicyclic) bond motifs is 1. The molecule has 0 aliphatic heterocycles. The average molecular weight is 427 g/mol. The van der Waals surface area contributed by atoms with E-state index in [0.717, 1.165) is 38.1 Å². The summed E-state index contributed by atoms with van der Waals surface area (Å²) in [5.41, 5.74) is 1.70. The number of aliphatic hydroxyl groups excluding tert-OH is 1. The lowest BCUT2D eigenvalue weighted by atomic mass is 9.66. The van der Waals surface area contributed by atoms with Crippen molar-refractivity contribution in [3.63, 3.8) is 0 Å². The summed E-state index contributed by atoms with van der Waals surface area (Å²) in [6, 6.07) is 0.459. The molecule has 0 aromatic rings. The Hall–Kier alpha value is -1.88. The van der Waals surface area contributed by atoms with Gasteiger partial charge in [-0.1, -0.05) is 50.3 Å². The Balaban J connectivity index is 1.48. The molecule has 0 radical (unpaired) electrons. The van der Waals surface area contributed by atoms with Gasteiger partial charge in [-0.25, -0.2) is 0 Å². The van der Waals surface area contributed by atoms with Crippen LogP contribution < -0.4 is 5.32 Å². The van der Waals surface area contributed by atoms with Crippen molar-refractivity contribution >= 4 is 0 Å². The smallest absolute Gasteiger partial charge is 0.265 e. The first kappa shape index (κ1) is 22.3. The molecule has 0 bridgehead atoms. The number of hydrogen-bond donors (Lipinski definition) is 2. The lowest BCUT2D eigenvalue weighted by Crippen LogP contribution is -2.45. The van der Waals surface area contributed by atoms with E-state index in [-0.39, 0.29) is 16.5 Å². The Morgan fingerprint density at radius 3 is 2.61 bits per heavy atom.